The minimum absolute atomic E-state index is 0.213. The van der Waals surface area contributed by atoms with Crippen molar-refractivity contribution >= 4 is 22.1 Å². The van der Waals surface area contributed by atoms with Crippen LogP contribution in [0.4, 0.5) is 10.1 Å². The number of halogens is 1. The number of anilines is 1. The molecule has 0 atom stereocenters. The topological polar surface area (TPSA) is 49.1 Å². The SMILES string of the molecule is COc1cc2c(-c3cnn4cc(N5CCC(N6CCN(C)CC6)CC5)ccc34)ccnc2cc1F. The maximum atomic E-state index is 14.2. The lowest BCUT2D eigenvalue weighted by atomic mass is 10.0. The number of piperazine rings is 1. The smallest absolute Gasteiger partial charge is 0.167 e. The molecule has 8 heteroatoms. The van der Waals surface area contributed by atoms with E-state index in [9.17, 15) is 4.39 Å². The third kappa shape index (κ3) is 4.10. The maximum Gasteiger partial charge on any atom is 0.167 e. The van der Waals surface area contributed by atoms with Gasteiger partial charge in [-0.25, -0.2) is 8.91 Å². The Kier molecular flexibility index (Phi) is 5.78. The van der Waals surface area contributed by atoms with Crippen LogP contribution in [0.2, 0.25) is 0 Å². The molecule has 0 aliphatic carbocycles. The van der Waals surface area contributed by atoms with E-state index in [0.29, 0.717) is 11.6 Å². The van der Waals surface area contributed by atoms with Gasteiger partial charge >= 0.3 is 0 Å². The Morgan fingerprint density at radius 3 is 2.54 bits per heavy atom. The minimum atomic E-state index is -0.412. The number of nitrogens with zero attached hydrogens (tertiary/aromatic N) is 6. The van der Waals surface area contributed by atoms with Gasteiger partial charge in [0.2, 0.25) is 0 Å². The molecule has 4 aromatic rings. The third-order valence-corrected chi connectivity index (χ3v) is 7.69. The summed E-state index contributed by atoms with van der Waals surface area (Å²) in [6.07, 6.45) is 8.12. The maximum absolute atomic E-state index is 14.2. The zero-order valence-electron chi connectivity index (χ0n) is 20.3. The highest BCUT2D eigenvalue weighted by atomic mass is 19.1. The fourth-order valence-corrected chi connectivity index (χ4v) is 5.58. The molecular weight excluding hydrogens is 443 g/mol. The van der Waals surface area contributed by atoms with Crippen molar-refractivity contribution in [1.82, 2.24) is 24.4 Å². The summed E-state index contributed by atoms with van der Waals surface area (Å²) in [7, 11) is 3.69. The summed E-state index contributed by atoms with van der Waals surface area (Å²) < 4.78 is 21.4. The molecule has 5 heterocycles. The van der Waals surface area contributed by atoms with Crippen molar-refractivity contribution in [3.05, 3.63) is 54.7 Å². The number of likely N-dealkylation sites (N-methyl/N-ethyl adjacent to an activating group) is 1. The fraction of sp³-hybridized carbons (Fsp3) is 0.407. The standard InChI is InChI=1S/C27H31FN6O/c1-31-11-13-33(14-12-31)19-6-9-32(10-7-19)20-3-4-26-23(17-30-34(26)18-20)21-5-8-29-25-16-24(28)27(35-2)15-22(21)25/h3-5,8,15-19H,6-7,9-14H2,1-2H3. The number of benzene rings is 1. The van der Waals surface area contributed by atoms with Gasteiger partial charge in [-0.2, -0.15) is 5.10 Å². The molecule has 0 bridgehead atoms. The molecule has 1 aromatic carbocycles. The summed E-state index contributed by atoms with van der Waals surface area (Å²) in [6.45, 7) is 6.85. The normalized spacial score (nSPS) is 18.5. The van der Waals surface area contributed by atoms with Gasteiger partial charge in [0.25, 0.3) is 0 Å². The van der Waals surface area contributed by atoms with Gasteiger partial charge in [-0.05, 0) is 49.7 Å². The van der Waals surface area contributed by atoms with Crippen LogP contribution in [-0.2, 0) is 0 Å². The number of rotatable bonds is 4. The lowest BCUT2D eigenvalue weighted by Gasteiger charge is -2.42. The van der Waals surface area contributed by atoms with Crippen LogP contribution in [0.15, 0.2) is 48.9 Å². The van der Waals surface area contributed by atoms with Crippen LogP contribution in [0.25, 0.3) is 27.5 Å². The number of fused-ring (bicyclic) bond motifs is 2. The Labute approximate surface area is 204 Å². The predicted molar refractivity (Wildman–Crippen MR) is 137 cm³/mol. The second-order valence-corrected chi connectivity index (χ2v) is 9.70. The summed E-state index contributed by atoms with van der Waals surface area (Å²) >= 11 is 0. The first-order chi connectivity index (χ1) is 17.1. The van der Waals surface area contributed by atoms with E-state index in [0.717, 1.165) is 35.1 Å². The van der Waals surface area contributed by atoms with E-state index in [-0.39, 0.29) is 5.75 Å². The molecule has 0 saturated carbocycles. The van der Waals surface area contributed by atoms with Crippen molar-refractivity contribution in [2.24, 2.45) is 0 Å². The molecule has 0 unspecified atom stereocenters. The van der Waals surface area contributed by atoms with Crippen LogP contribution in [-0.4, -0.2) is 83.9 Å². The Bertz CT molecular complexity index is 1350. The van der Waals surface area contributed by atoms with Crippen molar-refractivity contribution in [3.63, 3.8) is 0 Å². The summed E-state index contributed by atoms with van der Waals surface area (Å²) in [5, 5.41) is 5.51. The zero-order chi connectivity index (χ0) is 23.9. The quantitative estimate of drug-likeness (QED) is 0.447. The number of ether oxygens (including phenoxy) is 1. The van der Waals surface area contributed by atoms with Crippen LogP contribution >= 0.6 is 0 Å². The molecule has 2 saturated heterocycles. The largest absolute Gasteiger partial charge is 0.494 e. The summed E-state index contributed by atoms with van der Waals surface area (Å²) in [6, 6.07) is 10.1. The highest BCUT2D eigenvalue weighted by Gasteiger charge is 2.27. The molecule has 182 valence electrons. The number of piperidine rings is 1. The fourth-order valence-electron chi connectivity index (χ4n) is 5.58. The average Bonchev–Trinajstić information content (AvgIpc) is 3.31. The molecule has 7 nitrogen and oxygen atoms in total. The van der Waals surface area contributed by atoms with E-state index in [4.69, 9.17) is 4.74 Å². The van der Waals surface area contributed by atoms with E-state index in [1.807, 2.05) is 16.8 Å². The van der Waals surface area contributed by atoms with Crippen LogP contribution in [0.5, 0.6) is 5.75 Å². The summed E-state index contributed by atoms with van der Waals surface area (Å²) in [5.74, 6) is -0.198. The van der Waals surface area contributed by atoms with Crippen LogP contribution < -0.4 is 9.64 Å². The third-order valence-electron chi connectivity index (χ3n) is 7.69. The number of methoxy groups -OCH3 is 1. The van der Waals surface area contributed by atoms with E-state index in [1.165, 1.54) is 57.9 Å². The second-order valence-electron chi connectivity index (χ2n) is 9.70. The Balaban J connectivity index is 1.24. The Morgan fingerprint density at radius 1 is 0.971 bits per heavy atom. The highest BCUT2D eigenvalue weighted by Crippen LogP contribution is 2.34. The lowest BCUT2D eigenvalue weighted by Crippen LogP contribution is -2.52. The van der Waals surface area contributed by atoms with Gasteiger partial charge < -0.3 is 14.5 Å². The molecule has 35 heavy (non-hydrogen) atoms. The Morgan fingerprint density at radius 2 is 1.77 bits per heavy atom. The summed E-state index contributed by atoms with van der Waals surface area (Å²) in [5.41, 5.74) is 4.76. The van der Waals surface area contributed by atoms with E-state index >= 15 is 0 Å². The van der Waals surface area contributed by atoms with Gasteiger partial charge in [0, 0.05) is 68.5 Å². The first-order valence-corrected chi connectivity index (χ1v) is 12.4. The molecule has 0 spiro atoms. The number of aromatic nitrogens is 3. The van der Waals surface area contributed by atoms with Gasteiger partial charge in [0.1, 0.15) is 0 Å². The van der Waals surface area contributed by atoms with Crippen LogP contribution in [0.1, 0.15) is 12.8 Å². The molecule has 2 aliphatic heterocycles. The molecule has 2 fully saturated rings. The van der Waals surface area contributed by atoms with Crippen molar-refractivity contribution in [2.75, 3.05) is 58.3 Å². The number of hydrogen-bond acceptors (Lipinski definition) is 6. The van der Waals surface area contributed by atoms with Crippen molar-refractivity contribution in [2.45, 2.75) is 18.9 Å². The van der Waals surface area contributed by atoms with Gasteiger partial charge in [0.15, 0.2) is 11.6 Å². The Hall–Kier alpha value is -3.23. The number of hydrogen-bond donors (Lipinski definition) is 0. The van der Waals surface area contributed by atoms with E-state index in [2.05, 4.69) is 50.2 Å². The molecule has 0 amide bonds. The van der Waals surface area contributed by atoms with Crippen LogP contribution in [0, 0.1) is 5.82 Å². The van der Waals surface area contributed by atoms with Crippen molar-refractivity contribution < 1.29 is 9.13 Å². The highest BCUT2D eigenvalue weighted by molar-refractivity contribution is 5.99. The molecule has 3 aromatic heterocycles. The van der Waals surface area contributed by atoms with Gasteiger partial charge in [0.05, 0.1) is 36.2 Å². The van der Waals surface area contributed by atoms with E-state index < -0.39 is 5.82 Å². The van der Waals surface area contributed by atoms with Crippen molar-refractivity contribution in [1.29, 1.82) is 0 Å². The molecular formula is C27H31FN6O. The zero-order valence-corrected chi connectivity index (χ0v) is 20.3. The monoisotopic (exact) mass is 474 g/mol. The van der Waals surface area contributed by atoms with E-state index in [1.54, 1.807) is 12.3 Å². The molecule has 0 radical (unpaired) electrons. The van der Waals surface area contributed by atoms with Gasteiger partial charge in [-0.3, -0.25) is 9.88 Å². The minimum Gasteiger partial charge on any atom is -0.494 e. The lowest BCUT2D eigenvalue weighted by molar-refractivity contribution is 0.0982. The van der Waals surface area contributed by atoms with Crippen LogP contribution in [0.3, 0.4) is 0 Å². The van der Waals surface area contributed by atoms with Gasteiger partial charge in [-0.15, -0.1) is 0 Å². The molecule has 0 N–H and O–H groups in total. The average molecular weight is 475 g/mol. The number of pyridine rings is 2. The first kappa shape index (κ1) is 22.2. The molecule has 6 rings (SSSR count). The predicted octanol–water partition coefficient (Wildman–Crippen LogP) is 3.91. The first-order valence-electron chi connectivity index (χ1n) is 12.4. The summed E-state index contributed by atoms with van der Waals surface area (Å²) in [4.78, 5) is 11.9. The van der Waals surface area contributed by atoms with Gasteiger partial charge in [-0.1, -0.05) is 0 Å². The van der Waals surface area contributed by atoms with Crippen molar-refractivity contribution in [3.8, 4) is 16.9 Å². The molecule has 2 aliphatic rings. The second kappa shape index (κ2) is 9.09.